The number of hydrogen-bond donors (Lipinski definition) is 2. The summed E-state index contributed by atoms with van der Waals surface area (Å²) in [7, 11) is 2.09. The molecule has 6 nitrogen and oxygen atoms in total. The lowest BCUT2D eigenvalue weighted by molar-refractivity contribution is -0.135. The molecule has 0 atom stereocenters. The number of carbonyl (C=O) groups excluding carboxylic acids is 1. The van der Waals surface area contributed by atoms with Crippen LogP contribution in [0.1, 0.15) is 10.4 Å². The molecule has 0 radical (unpaired) electrons. The summed E-state index contributed by atoms with van der Waals surface area (Å²) in [5, 5.41) is 10.9. The zero-order chi connectivity index (χ0) is 14.5. The first-order chi connectivity index (χ1) is 9.56. The van der Waals surface area contributed by atoms with E-state index >= 15 is 0 Å². The molecule has 0 aromatic heterocycles. The quantitative estimate of drug-likeness (QED) is 0.825. The maximum Gasteiger partial charge on any atom is 0.322 e. The SMILES string of the molecule is CN1CCN(c2cccc(C(=O)NCC(=O)O)c2)CC1. The van der Waals surface area contributed by atoms with E-state index < -0.39 is 5.97 Å². The molecule has 0 spiro atoms. The molecule has 1 fully saturated rings. The average molecular weight is 277 g/mol. The summed E-state index contributed by atoms with van der Waals surface area (Å²) < 4.78 is 0. The van der Waals surface area contributed by atoms with Gasteiger partial charge in [-0.25, -0.2) is 0 Å². The normalized spacial score (nSPS) is 15.9. The van der Waals surface area contributed by atoms with Gasteiger partial charge in [0.05, 0.1) is 0 Å². The molecule has 2 rings (SSSR count). The Hall–Kier alpha value is -2.08. The minimum absolute atomic E-state index is 0.358. The lowest BCUT2D eigenvalue weighted by atomic mass is 10.1. The highest BCUT2D eigenvalue weighted by Crippen LogP contribution is 2.17. The highest BCUT2D eigenvalue weighted by Gasteiger charge is 2.15. The van der Waals surface area contributed by atoms with Crippen molar-refractivity contribution in [1.29, 1.82) is 0 Å². The molecular weight excluding hydrogens is 258 g/mol. The number of benzene rings is 1. The molecule has 0 saturated carbocycles. The van der Waals surface area contributed by atoms with Crippen LogP contribution >= 0.6 is 0 Å². The van der Waals surface area contributed by atoms with Gasteiger partial charge < -0.3 is 20.2 Å². The molecule has 1 saturated heterocycles. The number of anilines is 1. The van der Waals surface area contributed by atoms with E-state index in [1.54, 1.807) is 6.07 Å². The van der Waals surface area contributed by atoms with Crippen molar-refractivity contribution < 1.29 is 14.7 Å². The van der Waals surface area contributed by atoms with E-state index in [-0.39, 0.29) is 12.5 Å². The van der Waals surface area contributed by atoms with Crippen LogP contribution in [0, 0.1) is 0 Å². The largest absolute Gasteiger partial charge is 0.480 e. The zero-order valence-electron chi connectivity index (χ0n) is 11.5. The topological polar surface area (TPSA) is 72.9 Å². The summed E-state index contributed by atoms with van der Waals surface area (Å²) in [4.78, 5) is 26.8. The van der Waals surface area contributed by atoms with Gasteiger partial charge in [0.25, 0.3) is 5.91 Å². The van der Waals surface area contributed by atoms with Crippen LogP contribution in [0.5, 0.6) is 0 Å². The molecule has 6 heteroatoms. The lowest BCUT2D eigenvalue weighted by Gasteiger charge is -2.34. The van der Waals surface area contributed by atoms with Crippen molar-refractivity contribution in [2.75, 3.05) is 44.7 Å². The van der Waals surface area contributed by atoms with Gasteiger partial charge >= 0.3 is 5.97 Å². The Morgan fingerprint density at radius 2 is 1.95 bits per heavy atom. The molecule has 20 heavy (non-hydrogen) atoms. The molecule has 1 amide bonds. The second-order valence-corrected chi connectivity index (χ2v) is 4.92. The van der Waals surface area contributed by atoms with Crippen molar-refractivity contribution in [3.63, 3.8) is 0 Å². The summed E-state index contributed by atoms with van der Waals surface area (Å²) in [5.74, 6) is -1.41. The van der Waals surface area contributed by atoms with Crippen molar-refractivity contribution in [1.82, 2.24) is 10.2 Å². The average Bonchev–Trinajstić information content (AvgIpc) is 2.45. The van der Waals surface area contributed by atoms with Crippen LogP contribution in [0.2, 0.25) is 0 Å². The predicted octanol–water partition coefficient (Wildman–Crippen LogP) is 0.253. The second-order valence-electron chi connectivity index (χ2n) is 4.92. The molecule has 0 bridgehead atoms. The minimum atomic E-state index is -1.05. The second kappa shape index (κ2) is 6.38. The van der Waals surface area contributed by atoms with E-state index in [9.17, 15) is 9.59 Å². The van der Waals surface area contributed by atoms with E-state index in [1.807, 2.05) is 18.2 Å². The first-order valence-electron chi connectivity index (χ1n) is 6.60. The number of nitrogens with zero attached hydrogens (tertiary/aromatic N) is 2. The fourth-order valence-electron chi connectivity index (χ4n) is 2.17. The van der Waals surface area contributed by atoms with Crippen LogP contribution in [0.3, 0.4) is 0 Å². The number of amides is 1. The van der Waals surface area contributed by atoms with Crippen LogP contribution in [-0.2, 0) is 4.79 Å². The number of rotatable bonds is 4. The van der Waals surface area contributed by atoms with Crippen LogP contribution in [0.4, 0.5) is 5.69 Å². The van der Waals surface area contributed by atoms with Crippen LogP contribution in [-0.4, -0.2) is 61.7 Å². The third-order valence-corrected chi connectivity index (χ3v) is 3.38. The monoisotopic (exact) mass is 277 g/mol. The van der Waals surface area contributed by atoms with Gasteiger partial charge in [0.2, 0.25) is 0 Å². The number of carbonyl (C=O) groups is 2. The molecular formula is C14H19N3O3. The molecule has 1 aromatic carbocycles. The Bertz CT molecular complexity index is 496. The number of aliphatic carboxylic acids is 1. The molecule has 0 aliphatic carbocycles. The zero-order valence-corrected chi connectivity index (χ0v) is 11.5. The van der Waals surface area contributed by atoms with Crippen molar-refractivity contribution in [2.45, 2.75) is 0 Å². The minimum Gasteiger partial charge on any atom is -0.480 e. The standard InChI is InChI=1S/C14H19N3O3/c1-16-5-7-17(8-6-16)12-4-2-3-11(9-12)14(20)15-10-13(18)19/h2-4,9H,5-8,10H2,1H3,(H,15,20)(H,18,19). The summed E-state index contributed by atoms with van der Waals surface area (Å²) >= 11 is 0. The first kappa shape index (κ1) is 14.3. The fraction of sp³-hybridized carbons (Fsp3) is 0.429. The van der Waals surface area contributed by atoms with Crippen molar-refractivity contribution >= 4 is 17.6 Å². The summed E-state index contributed by atoms with van der Waals surface area (Å²) in [6.07, 6.45) is 0. The number of carboxylic acid groups (broad SMARTS) is 1. The Kier molecular flexibility index (Phi) is 4.57. The highest BCUT2D eigenvalue weighted by molar-refractivity contribution is 5.96. The third kappa shape index (κ3) is 3.71. The van der Waals surface area contributed by atoms with E-state index in [0.29, 0.717) is 5.56 Å². The Morgan fingerprint density at radius 3 is 2.60 bits per heavy atom. The first-order valence-corrected chi connectivity index (χ1v) is 6.60. The van der Waals surface area contributed by atoms with E-state index in [1.165, 1.54) is 0 Å². The van der Waals surface area contributed by atoms with Crippen molar-refractivity contribution in [2.24, 2.45) is 0 Å². The molecule has 1 aliphatic rings. The van der Waals surface area contributed by atoms with Gasteiger partial charge in [-0.1, -0.05) is 6.07 Å². The van der Waals surface area contributed by atoms with Gasteiger partial charge in [-0.2, -0.15) is 0 Å². The molecule has 1 aromatic rings. The molecule has 2 N–H and O–H groups in total. The van der Waals surface area contributed by atoms with Gasteiger partial charge in [-0.3, -0.25) is 9.59 Å². The Labute approximate surface area is 118 Å². The van der Waals surface area contributed by atoms with E-state index in [2.05, 4.69) is 22.2 Å². The van der Waals surface area contributed by atoms with Crippen molar-refractivity contribution in [3.8, 4) is 0 Å². The number of carboxylic acids is 1. The maximum atomic E-state index is 11.8. The van der Waals surface area contributed by atoms with E-state index in [0.717, 1.165) is 31.9 Å². The van der Waals surface area contributed by atoms with Gasteiger partial charge in [-0.05, 0) is 25.2 Å². The number of hydrogen-bond acceptors (Lipinski definition) is 4. The molecule has 108 valence electrons. The van der Waals surface area contributed by atoms with Gasteiger partial charge in [0.15, 0.2) is 0 Å². The number of nitrogens with one attached hydrogen (secondary N) is 1. The summed E-state index contributed by atoms with van der Waals surface area (Å²) in [6.45, 7) is 3.48. The van der Waals surface area contributed by atoms with Crippen LogP contribution in [0.25, 0.3) is 0 Å². The Balaban J connectivity index is 2.04. The smallest absolute Gasteiger partial charge is 0.322 e. The highest BCUT2D eigenvalue weighted by atomic mass is 16.4. The summed E-state index contributed by atoms with van der Waals surface area (Å²) in [5.41, 5.74) is 1.49. The third-order valence-electron chi connectivity index (χ3n) is 3.38. The van der Waals surface area contributed by atoms with Gasteiger partial charge in [0.1, 0.15) is 6.54 Å². The molecule has 1 aliphatic heterocycles. The summed E-state index contributed by atoms with van der Waals surface area (Å²) in [6, 6.07) is 7.29. The Morgan fingerprint density at radius 1 is 1.25 bits per heavy atom. The van der Waals surface area contributed by atoms with Crippen LogP contribution < -0.4 is 10.2 Å². The van der Waals surface area contributed by atoms with Crippen molar-refractivity contribution in [3.05, 3.63) is 29.8 Å². The van der Waals surface area contributed by atoms with E-state index in [4.69, 9.17) is 5.11 Å². The number of likely N-dealkylation sites (N-methyl/N-ethyl adjacent to an activating group) is 1. The van der Waals surface area contributed by atoms with Crippen LogP contribution in [0.15, 0.2) is 24.3 Å². The maximum absolute atomic E-state index is 11.8. The predicted molar refractivity (Wildman–Crippen MR) is 76.1 cm³/mol. The fourth-order valence-corrected chi connectivity index (χ4v) is 2.17. The van der Waals surface area contributed by atoms with Gasteiger partial charge in [-0.15, -0.1) is 0 Å². The molecule has 1 heterocycles. The number of piperazine rings is 1. The molecule has 0 unspecified atom stereocenters. The van der Waals surface area contributed by atoms with Gasteiger partial charge in [0, 0.05) is 37.4 Å². The lowest BCUT2D eigenvalue weighted by Crippen LogP contribution is -2.44.